The predicted molar refractivity (Wildman–Crippen MR) is 138 cm³/mol. The molecule has 7 nitrogen and oxygen atoms in total. The van der Waals surface area contributed by atoms with Crippen molar-refractivity contribution in [1.29, 1.82) is 0 Å². The number of benzene rings is 3. The Morgan fingerprint density at radius 1 is 0.886 bits per heavy atom. The number of anilines is 1. The van der Waals surface area contributed by atoms with E-state index in [9.17, 15) is 10.2 Å². The molecule has 1 atom stereocenters. The monoisotopic (exact) mass is 521 g/mol. The van der Waals surface area contributed by atoms with Gasteiger partial charge >= 0.3 is 0 Å². The van der Waals surface area contributed by atoms with Crippen LogP contribution in [-0.4, -0.2) is 44.8 Å². The summed E-state index contributed by atoms with van der Waals surface area (Å²) < 4.78 is 22.0. The fraction of sp³-hybridized carbons (Fsp3) is 0.308. The molecule has 0 spiro atoms. The van der Waals surface area contributed by atoms with Gasteiger partial charge in [0.2, 0.25) is 0 Å². The third kappa shape index (κ3) is 6.44. The smallest absolute Gasteiger partial charge is 0.144 e. The number of aliphatic hydroxyl groups is 2. The van der Waals surface area contributed by atoms with E-state index >= 15 is 0 Å². The van der Waals surface area contributed by atoms with Crippen LogP contribution in [0.3, 0.4) is 0 Å². The summed E-state index contributed by atoms with van der Waals surface area (Å²) in [6.45, 7) is 0.616. The van der Waals surface area contributed by atoms with Crippen LogP contribution in [0.25, 0.3) is 0 Å². The number of ether oxygens (including phenoxy) is 4. The van der Waals surface area contributed by atoms with Gasteiger partial charge in [-0.05, 0) is 24.3 Å². The minimum atomic E-state index is -1.13. The van der Waals surface area contributed by atoms with Crippen LogP contribution in [-0.2, 0) is 6.54 Å². The van der Waals surface area contributed by atoms with Crippen LogP contribution >= 0.6 is 23.2 Å². The van der Waals surface area contributed by atoms with Crippen molar-refractivity contribution in [2.75, 3.05) is 39.9 Å². The highest BCUT2D eigenvalue weighted by atomic mass is 35.5. The maximum absolute atomic E-state index is 11.4. The highest BCUT2D eigenvalue weighted by Crippen LogP contribution is 2.42. The maximum Gasteiger partial charge on any atom is 0.144 e. The number of rotatable bonds is 12. The summed E-state index contributed by atoms with van der Waals surface area (Å²) in [7, 11) is 4.69. The van der Waals surface area contributed by atoms with Crippen molar-refractivity contribution in [3.63, 3.8) is 0 Å². The van der Waals surface area contributed by atoms with Crippen LogP contribution in [0.1, 0.15) is 29.2 Å². The Kier molecular flexibility index (Phi) is 9.74. The van der Waals surface area contributed by atoms with Gasteiger partial charge in [0.15, 0.2) is 0 Å². The molecule has 0 aliphatic rings. The summed E-state index contributed by atoms with van der Waals surface area (Å²) >= 11 is 12.9. The third-order valence-corrected chi connectivity index (χ3v) is 6.03. The topological polar surface area (TPSA) is 89.4 Å². The quantitative estimate of drug-likeness (QED) is 0.272. The fourth-order valence-electron chi connectivity index (χ4n) is 3.61. The summed E-state index contributed by atoms with van der Waals surface area (Å²) in [6, 6.07) is 14.0. The summed E-state index contributed by atoms with van der Waals surface area (Å²) in [5.41, 5.74) is 2.33. The van der Waals surface area contributed by atoms with Gasteiger partial charge in [-0.3, -0.25) is 0 Å². The zero-order chi connectivity index (χ0) is 25.4. The molecule has 0 aromatic heterocycles. The Morgan fingerprint density at radius 3 is 2.34 bits per heavy atom. The molecule has 9 heteroatoms. The molecule has 3 aromatic carbocycles. The second kappa shape index (κ2) is 12.7. The first kappa shape index (κ1) is 26.8. The molecule has 0 amide bonds. The zero-order valence-corrected chi connectivity index (χ0v) is 21.3. The van der Waals surface area contributed by atoms with Crippen molar-refractivity contribution >= 4 is 28.9 Å². The van der Waals surface area contributed by atoms with E-state index < -0.39 is 6.10 Å². The minimum Gasteiger partial charge on any atom is -0.497 e. The highest BCUT2D eigenvalue weighted by molar-refractivity contribution is 6.33. The molecule has 0 fully saturated rings. The average Bonchev–Trinajstić information content (AvgIpc) is 2.87. The molecule has 3 N–H and O–H groups in total. The van der Waals surface area contributed by atoms with E-state index in [4.69, 9.17) is 42.1 Å². The van der Waals surface area contributed by atoms with E-state index in [2.05, 4.69) is 5.32 Å². The SMILES string of the molecule is COc1ccc(CNc2c(OCCCO)cc(Cl)cc2C(O)c2cccc(OC)c2Cl)c(OC)c1. The molecule has 35 heavy (non-hydrogen) atoms. The van der Waals surface area contributed by atoms with E-state index in [0.29, 0.717) is 62.8 Å². The standard InChI is InChI=1S/C26H29Cl2NO6/c1-32-18-9-8-16(22(14-18)34-3)15-29-25-20(12-17(27)13-23(25)35-11-5-10-30)26(31)19-6-4-7-21(33-2)24(19)28/h4,6-9,12-14,26,29-31H,5,10-11,15H2,1-3H3. The van der Waals surface area contributed by atoms with Crippen molar-refractivity contribution in [2.45, 2.75) is 19.1 Å². The molecule has 0 bridgehead atoms. The summed E-state index contributed by atoms with van der Waals surface area (Å²) in [4.78, 5) is 0. The van der Waals surface area contributed by atoms with E-state index in [-0.39, 0.29) is 13.2 Å². The lowest BCUT2D eigenvalue weighted by Crippen LogP contribution is -2.11. The Morgan fingerprint density at radius 2 is 1.66 bits per heavy atom. The molecule has 0 saturated heterocycles. The second-order valence-corrected chi connectivity index (χ2v) is 8.41. The Labute approximate surface area is 215 Å². The molecule has 0 aliphatic heterocycles. The predicted octanol–water partition coefficient (Wildman–Crippen LogP) is 5.47. The first-order chi connectivity index (χ1) is 16.9. The second-order valence-electron chi connectivity index (χ2n) is 7.59. The van der Waals surface area contributed by atoms with Crippen LogP contribution in [0, 0.1) is 0 Å². The van der Waals surface area contributed by atoms with Crippen molar-refractivity contribution in [1.82, 2.24) is 0 Å². The fourth-order valence-corrected chi connectivity index (χ4v) is 4.14. The lowest BCUT2D eigenvalue weighted by Gasteiger charge is -2.23. The molecule has 3 rings (SSSR count). The van der Waals surface area contributed by atoms with Gasteiger partial charge in [-0.15, -0.1) is 0 Å². The third-order valence-electron chi connectivity index (χ3n) is 5.41. The van der Waals surface area contributed by atoms with E-state index in [1.54, 1.807) is 50.6 Å². The zero-order valence-electron chi connectivity index (χ0n) is 19.8. The van der Waals surface area contributed by atoms with Gasteiger partial charge in [-0.1, -0.05) is 35.3 Å². The number of halogens is 2. The molecule has 188 valence electrons. The van der Waals surface area contributed by atoms with Crippen LogP contribution in [0.5, 0.6) is 23.0 Å². The van der Waals surface area contributed by atoms with E-state index in [1.165, 1.54) is 7.11 Å². The first-order valence-electron chi connectivity index (χ1n) is 11.0. The molecule has 1 unspecified atom stereocenters. The van der Waals surface area contributed by atoms with Gasteiger partial charge in [0.1, 0.15) is 29.1 Å². The maximum atomic E-state index is 11.4. The van der Waals surface area contributed by atoms with Gasteiger partial charge in [-0.25, -0.2) is 0 Å². The van der Waals surface area contributed by atoms with Gasteiger partial charge in [0, 0.05) is 53.4 Å². The van der Waals surface area contributed by atoms with Crippen LogP contribution in [0.15, 0.2) is 48.5 Å². The Hall–Kier alpha value is -2.84. The van der Waals surface area contributed by atoms with Gasteiger partial charge < -0.3 is 34.5 Å². The molecule has 0 aliphatic carbocycles. The van der Waals surface area contributed by atoms with Crippen LogP contribution < -0.4 is 24.3 Å². The van der Waals surface area contributed by atoms with Crippen molar-refractivity contribution < 1.29 is 29.2 Å². The number of aliphatic hydroxyl groups excluding tert-OH is 2. The van der Waals surface area contributed by atoms with Gasteiger partial charge in [0.05, 0.1) is 38.6 Å². The minimum absolute atomic E-state index is 0.0126. The van der Waals surface area contributed by atoms with E-state index in [1.807, 2.05) is 12.1 Å². The summed E-state index contributed by atoms with van der Waals surface area (Å²) in [5, 5.41) is 24.6. The number of nitrogens with one attached hydrogen (secondary N) is 1. The Balaban J connectivity index is 2.04. The van der Waals surface area contributed by atoms with Crippen LogP contribution in [0.4, 0.5) is 5.69 Å². The average molecular weight is 522 g/mol. The van der Waals surface area contributed by atoms with Gasteiger partial charge in [-0.2, -0.15) is 0 Å². The highest BCUT2D eigenvalue weighted by Gasteiger charge is 2.23. The molecular weight excluding hydrogens is 493 g/mol. The molecule has 0 saturated carbocycles. The van der Waals surface area contributed by atoms with Crippen molar-refractivity contribution in [2.24, 2.45) is 0 Å². The summed E-state index contributed by atoms with van der Waals surface area (Å²) in [6.07, 6.45) is -0.686. The first-order valence-corrected chi connectivity index (χ1v) is 11.7. The van der Waals surface area contributed by atoms with Gasteiger partial charge in [0.25, 0.3) is 0 Å². The van der Waals surface area contributed by atoms with Crippen molar-refractivity contribution in [3.8, 4) is 23.0 Å². The molecule has 0 radical (unpaired) electrons. The number of methoxy groups -OCH3 is 3. The lowest BCUT2D eigenvalue weighted by atomic mass is 9.98. The van der Waals surface area contributed by atoms with Crippen molar-refractivity contribution in [3.05, 3.63) is 75.3 Å². The lowest BCUT2D eigenvalue weighted by molar-refractivity contribution is 0.218. The Bertz CT molecular complexity index is 1140. The normalized spacial score (nSPS) is 11.6. The number of hydrogen-bond donors (Lipinski definition) is 3. The summed E-state index contributed by atoms with van der Waals surface area (Å²) in [5.74, 6) is 2.20. The van der Waals surface area contributed by atoms with E-state index in [0.717, 1.165) is 5.56 Å². The molecule has 0 heterocycles. The number of hydrogen-bond acceptors (Lipinski definition) is 7. The largest absolute Gasteiger partial charge is 0.497 e. The van der Waals surface area contributed by atoms with Crippen LogP contribution in [0.2, 0.25) is 10.0 Å². The molecule has 3 aromatic rings. The molecular formula is C26H29Cl2NO6.